The second kappa shape index (κ2) is 7.17. The van der Waals surface area contributed by atoms with Crippen molar-refractivity contribution in [3.05, 3.63) is 27.3 Å². The Morgan fingerprint density at radius 2 is 2.24 bits per heavy atom. The Morgan fingerprint density at radius 3 is 2.88 bits per heavy atom. The van der Waals surface area contributed by atoms with Gasteiger partial charge in [-0.1, -0.05) is 0 Å². The summed E-state index contributed by atoms with van der Waals surface area (Å²) in [6, 6.07) is 4.87. The van der Waals surface area contributed by atoms with E-state index >= 15 is 0 Å². The fourth-order valence-corrected chi connectivity index (χ4v) is 1.65. The fourth-order valence-electron chi connectivity index (χ4n) is 1.31. The Balaban J connectivity index is 2.42. The molecule has 0 aliphatic heterocycles. The van der Waals surface area contributed by atoms with Crippen LogP contribution in [0.4, 0.5) is 0 Å². The topological polar surface area (TPSA) is 49.3 Å². The van der Waals surface area contributed by atoms with Crippen molar-refractivity contribution in [3.8, 4) is 18.1 Å². The number of benzene rings is 1. The summed E-state index contributed by atoms with van der Waals surface area (Å²) in [6.45, 7) is 0.604. The molecule has 0 radical (unpaired) electrons. The standard InChI is InChI=1S/C13H14INO2/c1-2-3-4-5-8-15-13(17)10-6-7-11(14)12(16)9-10/h1,6-7,9,16H,3-5,8H2,(H,15,17). The van der Waals surface area contributed by atoms with E-state index in [1.165, 1.54) is 6.07 Å². The minimum Gasteiger partial charge on any atom is -0.507 e. The molecule has 4 heteroatoms. The predicted octanol–water partition coefficient (Wildman–Crippen LogP) is 2.53. The summed E-state index contributed by atoms with van der Waals surface area (Å²) in [5.41, 5.74) is 0.472. The SMILES string of the molecule is C#CCCCCNC(=O)c1ccc(I)c(O)c1. The van der Waals surface area contributed by atoms with Crippen LogP contribution in [-0.4, -0.2) is 17.6 Å². The summed E-state index contributed by atoms with van der Waals surface area (Å²) in [7, 11) is 0. The van der Waals surface area contributed by atoms with Gasteiger partial charge in [0.2, 0.25) is 0 Å². The van der Waals surface area contributed by atoms with Crippen LogP contribution in [0.25, 0.3) is 0 Å². The largest absolute Gasteiger partial charge is 0.507 e. The minimum absolute atomic E-state index is 0.130. The summed E-state index contributed by atoms with van der Waals surface area (Å²) in [4.78, 5) is 11.7. The van der Waals surface area contributed by atoms with Crippen LogP contribution in [0, 0.1) is 15.9 Å². The van der Waals surface area contributed by atoms with Crippen molar-refractivity contribution in [2.24, 2.45) is 0 Å². The summed E-state index contributed by atoms with van der Waals surface area (Å²) in [6.07, 6.45) is 7.64. The molecule has 0 fully saturated rings. The number of carbonyl (C=O) groups is 1. The zero-order valence-electron chi connectivity index (χ0n) is 9.37. The number of terminal acetylenes is 1. The Bertz CT molecular complexity index is 438. The summed E-state index contributed by atoms with van der Waals surface area (Å²) >= 11 is 2.01. The highest BCUT2D eigenvalue weighted by Crippen LogP contribution is 2.20. The highest BCUT2D eigenvalue weighted by atomic mass is 127. The molecule has 1 aromatic rings. The molecule has 0 unspecified atom stereocenters. The second-order valence-electron chi connectivity index (χ2n) is 3.58. The Kier molecular flexibility index (Phi) is 5.84. The van der Waals surface area contributed by atoms with E-state index in [0.717, 1.165) is 22.8 Å². The molecule has 0 aliphatic carbocycles. The van der Waals surface area contributed by atoms with Gasteiger partial charge in [0.05, 0.1) is 3.57 Å². The average Bonchev–Trinajstić information content (AvgIpc) is 2.32. The first-order valence-corrected chi connectivity index (χ1v) is 6.43. The zero-order valence-corrected chi connectivity index (χ0v) is 11.5. The van der Waals surface area contributed by atoms with E-state index in [4.69, 9.17) is 6.42 Å². The molecule has 0 bridgehead atoms. The van der Waals surface area contributed by atoms with Crippen LogP contribution >= 0.6 is 22.6 Å². The van der Waals surface area contributed by atoms with Crippen LogP contribution in [0.3, 0.4) is 0 Å². The van der Waals surface area contributed by atoms with Crippen molar-refractivity contribution >= 4 is 28.5 Å². The number of amides is 1. The molecule has 0 saturated heterocycles. The van der Waals surface area contributed by atoms with Crippen molar-refractivity contribution in [1.82, 2.24) is 5.32 Å². The third kappa shape index (κ3) is 4.65. The Labute approximate surface area is 115 Å². The number of hydrogen-bond acceptors (Lipinski definition) is 2. The van der Waals surface area contributed by atoms with Gasteiger partial charge in [-0.05, 0) is 53.6 Å². The van der Waals surface area contributed by atoms with Crippen LogP contribution in [0.1, 0.15) is 29.6 Å². The van der Waals surface area contributed by atoms with Gasteiger partial charge in [0.1, 0.15) is 5.75 Å². The lowest BCUT2D eigenvalue weighted by Crippen LogP contribution is -2.24. The predicted molar refractivity (Wildman–Crippen MR) is 75.8 cm³/mol. The van der Waals surface area contributed by atoms with Crippen molar-refractivity contribution in [3.63, 3.8) is 0 Å². The average molecular weight is 343 g/mol. The van der Waals surface area contributed by atoms with Gasteiger partial charge in [0.15, 0.2) is 0 Å². The van der Waals surface area contributed by atoms with E-state index in [2.05, 4.69) is 11.2 Å². The number of nitrogens with one attached hydrogen (secondary N) is 1. The summed E-state index contributed by atoms with van der Waals surface area (Å²) in [5.74, 6) is 2.52. The highest BCUT2D eigenvalue weighted by molar-refractivity contribution is 14.1. The molecule has 90 valence electrons. The molecule has 0 aromatic heterocycles. The number of carbonyl (C=O) groups excluding carboxylic acids is 1. The van der Waals surface area contributed by atoms with E-state index in [9.17, 15) is 9.90 Å². The lowest BCUT2D eigenvalue weighted by molar-refractivity contribution is 0.0952. The van der Waals surface area contributed by atoms with Gasteiger partial charge >= 0.3 is 0 Å². The van der Waals surface area contributed by atoms with Crippen molar-refractivity contribution in [2.45, 2.75) is 19.3 Å². The molecule has 17 heavy (non-hydrogen) atoms. The number of phenolic OH excluding ortho intramolecular Hbond substituents is 1. The third-order valence-electron chi connectivity index (χ3n) is 2.24. The summed E-state index contributed by atoms with van der Waals surface area (Å²) < 4.78 is 0.730. The van der Waals surface area contributed by atoms with Gasteiger partial charge in [-0.2, -0.15) is 0 Å². The molecule has 1 rings (SSSR count). The van der Waals surface area contributed by atoms with Crippen LogP contribution in [0.15, 0.2) is 18.2 Å². The number of unbranched alkanes of at least 4 members (excludes halogenated alkanes) is 2. The van der Waals surface area contributed by atoms with Gasteiger partial charge < -0.3 is 10.4 Å². The molecule has 3 nitrogen and oxygen atoms in total. The molecule has 2 N–H and O–H groups in total. The molecule has 1 amide bonds. The van der Waals surface area contributed by atoms with E-state index in [1.807, 2.05) is 22.6 Å². The molecular weight excluding hydrogens is 329 g/mol. The number of rotatable bonds is 5. The lowest BCUT2D eigenvalue weighted by Gasteiger charge is -2.05. The van der Waals surface area contributed by atoms with Crippen LogP contribution < -0.4 is 5.32 Å². The number of phenols is 1. The van der Waals surface area contributed by atoms with Crippen LogP contribution in [-0.2, 0) is 0 Å². The molecule has 0 spiro atoms. The monoisotopic (exact) mass is 343 g/mol. The molecule has 0 saturated carbocycles. The van der Waals surface area contributed by atoms with Gasteiger partial charge in [-0.25, -0.2) is 0 Å². The fraction of sp³-hybridized carbons (Fsp3) is 0.308. The molecule has 0 atom stereocenters. The van der Waals surface area contributed by atoms with Crippen molar-refractivity contribution in [2.75, 3.05) is 6.54 Å². The quantitative estimate of drug-likeness (QED) is 0.490. The maximum Gasteiger partial charge on any atom is 0.251 e. The number of halogens is 1. The first-order chi connectivity index (χ1) is 8.15. The highest BCUT2D eigenvalue weighted by Gasteiger charge is 2.07. The van der Waals surface area contributed by atoms with E-state index in [-0.39, 0.29) is 11.7 Å². The van der Waals surface area contributed by atoms with Gasteiger partial charge in [-0.15, -0.1) is 12.3 Å². The first-order valence-electron chi connectivity index (χ1n) is 5.35. The lowest BCUT2D eigenvalue weighted by atomic mass is 10.2. The van der Waals surface area contributed by atoms with E-state index in [0.29, 0.717) is 12.1 Å². The van der Waals surface area contributed by atoms with Gasteiger partial charge in [-0.3, -0.25) is 4.79 Å². The van der Waals surface area contributed by atoms with Gasteiger partial charge in [0, 0.05) is 18.5 Å². The maximum absolute atomic E-state index is 11.7. The normalized spacial score (nSPS) is 9.65. The first kappa shape index (κ1) is 13.8. The molecule has 0 aliphatic rings. The smallest absolute Gasteiger partial charge is 0.251 e. The summed E-state index contributed by atoms with van der Waals surface area (Å²) in [5, 5.41) is 12.3. The van der Waals surface area contributed by atoms with Gasteiger partial charge in [0.25, 0.3) is 5.91 Å². The van der Waals surface area contributed by atoms with Crippen molar-refractivity contribution < 1.29 is 9.90 Å². The Hall–Kier alpha value is -1.22. The maximum atomic E-state index is 11.7. The number of hydrogen-bond donors (Lipinski definition) is 2. The number of aromatic hydroxyl groups is 1. The second-order valence-corrected chi connectivity index (χ2v) is 4.75. The van der Waals surface area contributed by atoms with Crippen molar-refractivity contribution in [1.29, 1.82) is 0 Å². The van der Waals surface area contributed by atoms with Crippen LogP contribution in [0.5, 0.6) is 5.75 Å². The molecule has 0 heterocycles. The third-order valence-corrected chi connectivity index (χ3v) is 3.15. The molecular formula is C13H14INO2. The molecule has 1 aromatic carbocycles. The minimum atomic E-state index is -0.169. The zero-order chi connectivity index (χ0) is 12.7. The van der Waals surface area contributed by atoms with E-state index < -0.39 is 0 Å². The van der Waals surface area contributed by atoms with Crippen LogP contribution in [0.2, 0.25) is 0 Å². The van der Waals surface area contributed by atoms with E-state index in [1.54, 1.807) is 12.1 Å². The Morgan fingerprint density at radius 1 is 1.47 bits per heavy atom.